The smallest absolute Gasteiger partial charge is 0.230 e. The van der Waals surface area contributed by atoms with Gasteiger partial charge in [-0.2, -0.15) is 0 Å². The number of benzene rings is 1. The number of halogens is 1. The molecule has 0 spiro atoms. The van der Waals surface area contributed by atoms with E-state index in [9.17, 15) is 4.79 Å². The molecular formula is C15H20BrNO2. The summed E-state index contributed by atoms with van der Waals surface area (Å²) in [5, 5.41) is 3.94. The van der Waals surface area contributed by atoms with Crippen molar-refractivity contribution >= 4 is 27.5 Å². The molecule has 4 heteroatoms. The van der Waals surface area contributed by atoms with Crippen LogP contribution in [-0.2, 0) is 16.0 Å². The highest BCUT2D eigenvalue weighted by Crippen LogP contribution is 2.25. The molecule has 1 aliphatic rings. The minimum absolute atomic E-state index is 0.00721. The fourth-order valence-electron chi connectivity index (χ4n) is 2.45. The maximum atomic E-state index is 12.2. The Hall–Kier alpha value is -0.870. The predicted molar refractivity (Wildman–Crippen MR) is 80.7 cm³/mol. The summed E-state index contributed by atoms with van der Waals surface area (Å²) in [5.41, 5.74) is 2.13. The standard InChI is InChI=1S/C15H20BrNO2/c1-2-14-13(8-10-19-14)15(18)17-12-5-3-11(4-6-12)7-9-16/h3-6,13-14H,2,7-10H2,1H3,(H,17,18). The zero-order chi connectivity index (χ0) is 13.7. The van der Waals surface area contributed by atoms with Crippen LogP contribution in [0.2, 0.25) is 0 Å². The maximum absolute atomic E-state index is 12.2. The first-order valence-corrected chi connectivity index (χ1v) is 7.94. The van der Waals surface area contributed by atoms with Crippen LogP contribution in [0.1, 0.15) is 25.3 Å². The number of hydrogen-bond acceptors (Lipinski definition) is 2. The molecular weight excluding hydrogens is 306 g/mol. The molecule has 0 radical (unpaired) electrons. The summed E-state index contributed by atoms with van der Waals surface area (Å²) < 4.78 is 5.56. The highest BCUT2D eigenvalue weighted by molar-refractivity contribution is 9.09. The van der Waals surface area contributed by atoms with E-state index in [1.165, 1.54) is 5.56 Å². The first-order chi connectivity index (χ1) is 9.24. The van der Waals surface area contributed by atoms with Gasteiger partial charge in [0.1, 0.15) is 0 Å². The number of anilines is 1. The number of nitrogens with one attached hydrogen (secondary N) is 1. The third kappa shape index (κ3) is 3.80. The third-order valence-electron chi connectivity index (χ3n) is 3.55. The highest BCUT2D eigenvalue weighted by atomic mass is 79.9. The van der Waals surface area contributed by atoms with Crippen LogP contribution < -0.4 is 5.32 Å². The molecule has 0 saturated carbocycles. The number of amides is 1. The monoisotopic (exact) mass is 325 g/mol. The van der Waals surface area contributed by atoms with Crippen molar-refractivity contribution in [3.8, 4) is 0 Å². The zero-order valence-corrected chi connectivity index (χ0v) is 12.8. The average Bonchev–Trinajstić information content (AvgIpc) is 2.90. The predicted octanol–water partition coefficient (Wildman–Crippen LogP) is 3.38. The van der Waals surface area contributed by atoms with Crippen molar-refractivity contribution in [3.63, 3.8) is 0 Å². The number of rotatable bonds is 5. The molecule has 2 rings (SSSR count). The number of carbonyl (C=O) groups excluding carboxylic acids is 1. The lowest BCUT2D eigenvalue weighted by molar-refractivity contribution is -0.121. The molecule has 3 nitrogen and oxygen atoms in total. The van der Waals surface area contributed by atoms with Gasteiger partial charge in [0.15, 0.2) is 0 Å². The summed E-state index contributed by atoms with van der Waals surface area (Å²) in [4.78, 5) is 12.2. The van der Waals surface area contributed by atoms with Gasteiger partial charge in [0, 0.05) is 17.6 Å². The second kappa shape index (κ2) is 7.06. The molecule has 1 aliphatic heterocycles. The summed E-state index contributed by atoms with van der Waals surface area (Å²) in [6, 6.07) is 8.04. The molecule has 2 atom stereocenters. The first kappa shape index (κ1) is 14.5. The topological polar surface area (TPSA) is 38.3 Å². The molecule has 1 fully saturated rings. The van der Waals surface area contributed by atoms with Crippen molar-refractivity contribution in [2.75, 3.05) is 17.3 Å². The number of carbonyl (C=O) groups is 1. The van der Waals surface area contributed by atoms with Gasteiger partial charge in [-0.3, -0.25) is 4.79 Å². The van der Waals surface area contributed by atoms with Crippen LogP contribution >= 0.6 is 15.9 Å². The normalized spacial score (nSPS) is 22.4. The van der Waals surface area contributed by atoms with E-state index in [-0.39, 0.29) is 17.9 Å². The molecule has 2 unspecified atom stereocenters. The van der Waals surface area contributed by atoms with E-state index >= 15 is 0 Å². The summed E-state index contributed by atoms with van der Waals surface area (Å²) in [5.74, 6) is 0.0739. The van der Waals surface area contributed by atoms with Gasteiger partial charge in [0.05, 0.1) is 12.0 Å². The number of hydrogen-bond donors (Lipinski definition) is 1. The van der Waals surface area contributed by atoms with Gasteiger partial charge >= 0.3 is 0 Å². The van der Waals surface area contributed by atoms with Gasteiger partial charge < -0.3 is 10.1 Å². The Kier molecular flexibility index (Phi) is 5.40. The fourth-order valence-corrected chi connectivity index (χ4v) is 2.91. The van der Waals surface area contributed by atoms with Crippen LogP contribution in [0.25, 0.3) is 0 Å². The molecule has 1 amide bonds. The number of ether oxygens (including phenoxy) is 1. The van der Waals surface area contributed by atoms with E-state index < -0.39 is 0 Å². The average molecular weight is 326 g/mol. The lowest BCUT2D eigenvalue weighted by atomic mass is 9.98. The number of alkyl halides is 1. The van der Waals surface area contributed by atoms with Crippen molar-refractivity contribution in [2.24, 2.45) is 5.92 Å². The van der Waals surface area contributed by atoms with Gasteiger partial charge in [-0.25, -0.2) is 0 Å². The fraction of sp³-hybridized carbons (Fsp3) is 0.533. The van der Waals surface area contributed by atoms with Crippen molar-refractivity contribution in [1.29, 1.82) is 0 Å². The van der Waals surface area contributed by atoms with Gasteiger partial charge in [-0.15, -0.1) is 0 Å². The Balaban J connectivity index is 1.94. The van der Waals surface area contributed by atoms with E-state index in [1.807, 2.05) is 12.1 Å². The second-order valence-corrected chi connectivity index (χ2v) is 5.63. The summed E-state index contributed by atoms with van der Waals surface area (Å²) >= 11 is 3.42. The van der Waals surface area contributed by atoms with Crippen molar-refractivity contribution < 1.29 is 9.53 Å². The van der Waals surface area contributed by atoms with Crippen LogP contribution in [0, 0.1) is 5.92 Å². The van der Waals surface area contributed by atoms with Gasteiger partial charge in [-0.1, -0.05) is 35.0 Å². The molecule has 0 bridgehead atoms. The lowest BCUT2D eigenvalue weighted by Gasteiger charge is -2.16. The third-order valence-corrected chi connectivity index (χ3v) is 3.95. The van der Waals surface area contributed by atoms with E-state index in [2.05, 4.69) is 40.3 Å². The minimum atomic E-state index is -0.00721. The Morgan fingerprint density at radius 3 is 2.79 bits per heavy atom. The molecule has 0 aromatic heterocycles. The summed E-state index contributed by atoms with van der Waals surface area (Å²) in [6.07, 6.45) is 2.80. The zero-order valence-electron chi connectivity index (χ0n) is 11.2. The van der Waals surface area contributed by atoms with Crippen molar-refractivity contribution in [3.05, 3.63) is 29.8 Å². The van der Waals surface area contributed by atoms with E-state index in [0.29, 0.717) is 6.61 Å². The minimum Gasteiger partial charge on any atom is -0.377 e. The number of aryl methyl sites for hydroxylation is 1. The van der Waals surface area contributed by atoms with Crippen molar-refractivity contribution in [1.82, 2.24) is 0 Å². The van der Waals surface area contributed by atoms with Crippen LogP contribution in [0.15, 0.2) is 24.3 Å². The van der Waals surface area contributed by atoms with Crippen LogP contribution in [-0.4, -0.2) is 23.9 Å². The van der Waals surface area contributed by atoms with Gasteiger partial charge in [-0.05, 0) is 37.0 Å². The van der Waals surface area contributed by atoms with E-state index in [1.54, 1.807) is 0 Å². The van der Waals surface area contributed by atoms with E-state index in [4.69, 9.17) is 4.74 Å². The summed E-state index contributed by atoms with van der Waals surface area (Å²) in [7, 11) is 0. The van der Waals surface area contributed by atoms with Crippen LogP contribution in [0.4, 0.5) is 5.69 Å². The molecule has 104 valence electrons. The molecule has 0 aliphatic carbocycles. The Morgan fingerprint density at radius 2 is 2.16 bits per heavy atom. The van der Waals surface area contributed by atoms with Crippen LogP contribution in [0.3, 0.4) is 0 Å². The van der Waals surface area contributed by atoms with Crippen molar-refractivity contribution in [2.45, 2.75) is 32.3 Å². The van der Waals surface area contributed by atoms with Gasteiger partial charge in [0.2, 0.25) is 5.91 Å². The summed E-state index contributed by atoms with van der Waals surface area (Å²) in [6.45, 7) is 2.76. The first-order valence-electron chi connectivity index (χ1n) is 6.82. The SMILES string of the molecule is CCC1OCCC1C(=O)Nc1ccc(CCBr)cc1. The molecule has 1 saturated heterocycles. The van der Waals surface area contributed by atoms with E-state index in [0.717, 1.165) is 30.3 Å². The highest BCUT2D eigenvalue weighted by Gasteiger charge is 2.32. The molecule has 1 N–H and O–H groups in total. The Morgan fingerprint density at radius 1 is 1.42 bits per heavy atom. The quantitative estimate of drug-likeness (QED) is 0.843. The Bertz CT molecular complexity index is 419. The molecule has 19 heavy (non-hydrogen) atoms. The lowest BCUT2D eigenvalue weighted by Crippen LogP contribution is -2.29. The largest absolute Gasteiger partial charge is 0.377 e. The molecule has 1 aromatic carbocycles. The van der Waals surface area contributed by atoms with Crippen LogP contribution in [0.5, 0.6) is 0 Å². The Labute approximate surface area is 122 Å². The molecule has 1 aromatic rings. The maximum Gasteiger partial charge on any atom is 0.230 e. The van der Waals surface area contributed by atoms with Gasteiger partial charge in [0.25, 0.3) is 0 Å². The molecule has 1 heterocycles. The second-order valence-electron chi connectivity index (χ2n) is 4.84.